The smallest absolute Gasteiger partial charge is 0.264 e. The van der Waals surface area contributed by atoms with Gasteiger partial charge in [0.1, 0.15) is 12.8 Å². The number of thioether (sulfide) groups is 1. The average molecular weight is 975 g/mol. The standard InChI is InChI=1S/C54H62N4O7S3/c1-53(2)47(57(30-10-12-32-67(60,61)62)45-26-18-36-14-6-8-16-43(36)49(45)53)28-20-38-34-40(52(59)56-5)35-39(51(38)66-42-24-22-41(55)23-25-42)21-29-48-54(3,4)50-44-17-9-7-15-37(44)19-27-46(50)58(48)31-11-13-33-68(63,64)65/h6-9,14-29,40,52,56,59H,10-13,30-35,55H2,1-5H3,(H-,60,61,62,63,64,65). The van der Waals surface area contributed by atoms with E-state index in [4.69, 9.17) is 5.73 Å². The summed E-state index contributed by atoms with van der Waals surface area (Å²) in [6, 6.07) is 33.1. The summed E-state index contributed by atoms with van der Waals surface area (Å²) in [4.78, 5) is 4.37. The minimum atomic E-state index is -4.35. The third-order valence-electron chi connectivity index (χ3n) is 13.8. The number of nitrogens with zero attached hydrogens (tertiary/aromatic N) is 2. The minimum Gasteiger partial charge on any atom is -0.748 e. The highest BCUT2D eigenvalue weighted by Gasteiger charge is 2.46. The fourth-order valence-corrected chi connectivity index (χ4v) is 12.8. The van der Waals surface area contributed by atoms with Crippen LogP contribution in [0.15, 0.2) is 148 Å². The van der Waals surface area contributed by atoms with Crippen LogP contribution in [0.5, 0.6) is 0 Å². The molecule has 2 heterocycles. The van der Waals surface area contributed by atoms with E-state index in [0.717, 1.165) is 65.3 Å². The Morgan fingerprint density at radius 3 is 2.12 bits per heavy atom. The molecule has 0 fully saturated rings. The van der Waals surface area contributed by atoms with Crippen molar-refractivity contribution in [2.75, 3.05) is 42.3 Å². The van der Waals surface area contributed by atoms with Crippen LogP contribution in [0.1, 0.15) is 77.3 Å². The van der Waals surface area contributed by atoms with E-state index >= 15 is 0 Å². The van der Waals surface area contributed by atoms with Gasteiger partial charge in [0.25, 0.3) is 10.1 Å². The summed E-state index contributed by atoms with van der Waals surface area (Å²) in [5.41, 5.74) is 14.6. The number of nitrogens with two attached hydrogens (primary N) is 1. The van der Waals surface area contributed by atoms with E-state index in [1.165, 1.54) is 11.1 Å². The van der Waals surface area contributed by atoms with Crippen molar-refractivity contribution >= 4 is 76.3 Å². The molecule has 2 aliphatic heterocycles. The highest BCUT2D eigenvalue weighted by atomic mass is 32.2. The first kappa shape index (κ1) is 49.4. The van der Waals surface area contributed by atoms with E-state index in [0.29, 0.717) is 50.9 Å². The summed E-state index contributed by atoms with van der Waals surface area (Å²) < 4.78 is 70.1. The molecule has 0 aromatic heterocycles. The van der Waals surface area contributed by atoms with E-state index in [2.05, 4.69) is 127 Å². The maximum Gasteiger partial charge on any atom is 0.264 e. The molecule has 0 amide bonds. The quantitative estimate of drug-likeness (QED) is 0.0229. The number of aliphatic hydroxyl groups excluding tert-OH is 1. The van der Waals surface area contributed by atoms with Crippen molar-refractivity contribution in [1.29, 1.82) is 0 Å². The Hall–Kier alpha value is -5.06. The maximum atomic E-state index is 11.7. The van der Waals surface area contributed by atoms with Crippen molar-refractivity contribution < 1.29 is 35.6 Å². The van der Waals surface area contributed by atoms with Gasteiger partial charge in [0.15, 0.2) is 5.71 Å². The predicted octanol–water partition coefficient (Wildman–Crippen LogP) is 10.1. The lowest BCUT2D eigenvalue weighted by Gasteiger charge is -2.32. The molecule has 0 saturated heterocycles. The molecule has 0 radical (unpaired) electrons. The van der Waals surface area contributed by atoms with Crippen LogP contribution in [0.2, 0.25) is 0 Å². The van der Waals surface area contributed by atoms with Gasteiger partial charge in [-0.05, 0) is 134 Å². The summed E-state index contributed by atoms with van der Waals surface area (Å²) in [6.45, 7) is 9.99. The number of benzene rings is 5. The van der Waals surface area contributed by atoms with Gasteiger partial charge in [0, 0.05) is 74.6 Å². The molecule has 2 unspecified atom stereocenters. The molecule has 5 N–H and O–H groups in total. The van der Waals surface area contributed by atoms with Crippen LogP contribution in [0.3, 0.4) is 0 Å². The summed E-state index contributed by atoms with van der Waals surface area (Å²) in [5.74, 6) is -0.894. The number of nitrogens with one attached hydrogen (secondary N) is 1. The van der Waals surface area contributed by atoms with Crippen molar-refractivity contribution in [3.05, 3.63) is 154 Å². The van der Waals surface area contributed by atoms with Crippen molar-refractivity contribution in [1.82, 2.24) is 5.32 Å². The van der Waals surface area contributed by atoms with E-state index in [1.807, 2.05) is 36.4 Å². The number of unbranched alkanes of at least 4 members (excludes halogenated alkanes) is 2. The lowest BCUT2D eigenvalue weighted by Crippen LogP contribution is -2.35. The monoisotopic (exact) mass is 974 g/mol. The Balaban J connectivity index is 1.28. The van der Waals surface area contributed by atoms with E-state index in [1.54, 1.807) is 18.8 Å². The zero-order chi connectivity index (χ0) is 48.6. The van der Waals surface area contributed by atoms with Gasteiger partial charge >= 0.3 is 0 Å². The van der Waals surface area contributed by atoms with Gasteiger partial charge in [0.2, 0.25) is 5.69 Å². The first-order chi connectivity index (χ1) is 32.3. The van der Waals surface area contributed by atoms with Gasteiger partial charge in [-0.15, -0.1) is 0 Å². The average Bonchev–Trinajstić information content (AvgIpc) is 3.65. The van der Waals surface area contributed by atoms with Crippen molar-refractivity contribution in [3.8, 4) is 0 Å². The highest BCUT2D eigenvalue weighted by Crippen LogP contribution is 2.52. The van der Waals surface area contributed by atoms with E-state index in [-0.39, 0.29) is 18.1 Å². The molecule has 0 bridgehead atoms. The molecule has 3 aliphatic rings. The van der Waals surface area contributed by atoms with Crippen LogP contribution >= 0.6 is 11.8 Å². The normalized spacial score (nSPS) is 19.8. The molecule has 14 heteroatoms. The Labute approximate surface area is 405 Å². The molecule has 0 spiro atoms. The molecule has 68 heavy (non-hydrogen) atoms. The molecule has 1 aliphatic carbocycles. The van der Waals surface area contributed by atoms with Crippen molar-refractivity contribution in [2.24, 2.45) is 5.92 Å². The summed E-state index contributed by atoms with van der Waals surface area (Å²) >= 11 is 1.66. The van der Waals surface area contributed by atoms with Crippen LogP contribution in [0.4, 0.5) is 17.1 Å². The number of anilines is 2. The molecular weight excluding hydrogens is 913 g/mol. The Morgan fingerprint density at radius 1 is 0.809 bits per heavy atom. The van der Waals surface area contributed by atoms with Gasteiger partial charge in [-0.2, -0.15) is 13.0 Å². The predicted molar refractivity (Wildman–Crippen MR) is 277 cm³/mol. The molecule has 5 aromatic rings. The Bertz CT molecular complexity index is 3130. The Morgan fingerprint density at radius 2 is 1.46 bits per heavy atom. The first-order valence-electron chi connectivity index (χ1n) is 23.3. The second-order valence-corrected chi connectivity index (χ2v) is 23.4. The maximum absolute atomic E-state index is 11.7. The molecule has 0 saturated carbocycles. The minimum absolute atomic E-state index is 0.179. The fourth-order valence-electron chi connectivity index (χ4n) is 10.6. The lowest BCUT2D eigenvalue weighted by atomic mass is 9.78. The fraction of sp³-hybridized carbons (Fsp3) is 0.352. The summed E-state index contributed by atoms with van der Waals surface area (Å²) in [6.07, 6.45) is 10.8. The number of hydrogen-bond donors (Lipinski definition) is 4. The number of hydrogen-bond acceptors (Lipinski definition) is 10. The topological polar surface area (TPSA) is 176 Å². The molecule has 358 valence electrons. The number of allylic oxidation sites excluding steroid dienone is 7. The number of nitrogen functional groups attached to an aromatic ring is 1. The second kappa shape index (κ2) is 19.7. The molecule has 11 nitrogen and oxygen atoms in total. The van der Waals surface area contributed by atoms with E-state index in [9.17, 15) is 31.0 Å². The molecule has 2 atom stereocenters. The summed E-state index contributed by atoms with van der Waals surface area (Å²) in [7, 11) is -6.68. The van der Waals surface area contributed by atoms with Gasteiger partial charge in [-0.3, -0.25) is 9.87 Å². The summed E-state index contributed by atoms with van der Waals surface area (Å²) in [5, 5.41) is 19.2. The number of fused-ring (bicyclic) bond motifs is 6. The second-order valence-electron chi connectivity index (χ2n) is 19.3. The van der Waals surface area contributed by atoms with Gasteiger partial charge in [-0.25, -0.2) is 8.42 Å². The highest BCUT2D eigenvalue weighted by molar-refractivity contribution is 8.03. The van der Waals surface area contributed by atoms with Crippen molar-refractivity contribution in [2.45, 2.75) is 88.2 Å². The third kappa shape index (κ3) is 10.4. The lowest BCUT2D eigenvalue weighted by molar-refractivity contribution is -0.438. The van der Waals surface area contributed by atoms with Crippen LogP contribution in [0.25, 0.3) is 21.5 Å². The van der Waals surface area contributed by atoms with Crippen LogP contribution < -0.4 is 16.0 Å². The van der Waals surface area contributed by atoms with Crippen LogP contribution in [-0.2, 0) is 31.1 Å². The first-order valence-corrected chi connectivity index (χ1v) is 27.3. The van der Waals surface area contributed by atoms with Gasteiger partial charge in [-0.1, -0.05) is 92.4 Å². The van der Waals surface area contributed by atoms with Crippen molar-refractivity contribution in [3.63, 3.8) is 0 Å². The largest absolute Gasteiger partial charge is 0.748 e. The van der Waals surface area contributed by atoms with Crippen LogP contribution in [-0.4, -0.2) is 79.2 Å². The van der Waals surface area contributed by atoms with E-state index < -0.39 is 43.0 Å². The van der Waals surface area contributed by atoms with Gasteiger partial charge in [0.05, 0.1) is 21.3 Å². The molecule has 8 rings (SSSR count). The number of rotatable bonds is 17. The number of aliphatic hydroxyl groups is 1. The SMILES string of the molecule is CNC(O)C1CC(/C=C/C2=[N+](CCCCS(=O)(=O)[O-])c3ccc4ccccc4c3C2(C)C)=C(Sc2ccc(N)cc2)C(=C/C=C2/N(CCCCS(=O)(=O)O)c3ccc4ccccc4c3C2(C)C)/C1. The van der Waals surface area contributed by atoms with Gasteiger partial charge < -0.3 is 20.3 Å². The molecular formula is C54H62N4O7S3. The zero-order valence-corrected chi connectivity index (χ0v) is 41.9. The van der Waals surface area contributed by atoms with Crippen LogP contribution in [0, 0.1) is 5.92 Å². The molecule has 5 aromatic carbocycles. The third-order valence-corrected chi connectivity index (χ3v) is 16.7. The zero-order valence-electron chi connectivity index (χ0n) is 39.4. The Kier molecular flexibility index (Phi) is 14.3.